The van der Waals surface area contributed by atoms with Crippen LogP contribution in [0.15, 0.2) is 34.9 Å². The molecule has 1 N–H and O–H groups in total. The van der Waals surface area contributed by atoms with Crippen LogP contribution >= 0.6 is 0 Å². The summed E-state index contributed by atoms with van der Waals surface area (Å²) in [6.07, 6.45) is -0.277. The highest BCUT2D eigenvalue weighted by Crippen LogP contribution is 2.28. The molecule has 5 heteroatoms. The zero-order valence-electron chi connectivity index (χ0n) is 11.7. The molecule has 106 valence electrons. The van der Waals surface area contributed by atoms with Gasteiger partial charge in [0, 0.05) is 13.0 Å². The van der Waals surface area contributed by atoms with Gasteiger partial charge in [0.1, 0.15) is 6.10 Å². The van der Waals surface area contributed by atoms with E-state index in [4.69, 9.17) is 9.26 Å². The van der Waals surface area contributed by atoms with Gasteiger partial charge in [-0.15, -0.1) is 0 Å². The largest absolute Gasteiger partial charge is 0.369 e. The van der Waals surface area contributed by atoms with Crippen LogP contribution in [0.3, 0.4) is 0 Å². The zero-order chi connectivity index (χ0) is 13.9. The topological polar surface area (TPSA) is 60.2 Å². The van der Waals surface area contributed by atoms with Gasteiger partial charge in [-0.05, 0) is 24.6 Å². The van der Waals surface area contributed by atoms with Crippen LogP contribution < -0.4 is 5.32 Å². The lowest BCUT2D eigenvalue weighted by Crippen LogP contribution is -2.44. The second kappa shape index (κ2) is 5.73. The lowest BCUT2D eigenvalue weighted by molar-refractivity contribution is 0.126. The molecule has 1 aromatic heterocycles. The van der Waals surface area contributed by atoms with E-state index in [1.165, 1.54) is 0 Å². The highest BCUT2D eigenvalue weighted by Gasteiger charge is 2.30. The van der Waals surface area contributed by atoms with E-state index < -0.39 is 0 Å². The van der Waals surface area contributed by atoms with E-state index >= 15 is 0 Å². The first kappa shape index (κ1) is 13.3. The summed E-state index contributed by atoms with van der Waals surface area (Å²) in [5, 5.41) is 7.36. The van der Waals surface area contributed by atoms with E-state index in [0.29, 0.717) is 17.6 Å². The molecule has 1 saturated heterocycles. The van der Waals surface area contributed by atoms with Gasteiger partial charge in [-0.25, -0.2) is 0 Å². The Bertz CT molecular complexity index is 551. The molecule has 20 heavy (non-hydrogen) atoms. The number of aromatic nitrogens is 2. The molecule has 2 unspecified atom stereocenters. The first-order valence-corrected chi connectivity index (χ1v) is 6.91. The van der Waals surface area contributed by atoms with E-state index in [-0.39, 0.29) is 12.0 Å². The molecule has 0 radical (unpaired) electrons. The highest BCUT2D eigenvalue weighted by molar-refractivity contribution is 5.22. The number of nitrogens with one attached hydrogen (secondary N) is 1. The van der Waals surface area contributed by atoms with Gasteiger partial charge in [-0.3, -0.25) is 0 Å². The molecule has 0 spiro atoms. The molecule has 2 aromatic rings. The maximum absolute atomic E-state index is 5.52. The van der Waals surface area contributed by atoms with Crippen molar-refractivity contribution in [3.8, 4) is 0 Å². The van der Waals surface area contributed by atoms with Crippen LogP contribution in [-0.2, 0) is 4.74 Å². The third-order valence-electron chi connectivity index (χ3n) is 3.94. The summed E-state index contributed by atoms with van der Waals surface area (Å²) in [6, 6.07) is 9.94. The molecular formula is C15H19N3O2. The smallest absolute Gasteiger partial charge is 0.229 e. The Morgan fingerprint density at radius 1 is 1.30 bits per heavy atom. The van der Waals surface area contributed by atoms with E-state index in [1.807, 2.05) is 30.3 Å². The van der Waals surface area contributed by atoms with Crippen molar-refractivity contribution in [1.82, 2.24) is 15.5 Å². The number of ether oxygens (including phenoxy) is 1. The summed E-state index contributed by atoms with van der Waals surface area (Å²) < 4.78 is 10.9. The molecule has 0 saturated carbocycles. The molecule has 0 bridgehead atoms. The van der Waals surface area contributed by atoms with Crippen LogP contribution in [0.5, 0.6) is 0 Å². The van der Waals surface area contributed by atoms with Crippen LogP contribution in [0.25, 0.3) is 0 Å². The Kier molecular flexibility index (Phi) is 3.80. The Labute approximate surface area is 118 Å². The van der Waals surface area contributed by atoms with Crippen molar-refractivity contribution in [2.45, 2.75) is 18.9 Å². The van der Waals surface area contributed by atoms with Crippen LogP contribution in [-0.4, -0.2) is 30.3 Å². The van der Waals surface area contributed by atoms with Crippen LogP contribution in [0.1, 0.15) is 36.2 Å². The Morgan fingerprint density at radius 3 is 2.65 bits per heavy atom. The highest BCUT2D eigenvalue weighted by atomic mass is 16.5. The van der Waals surface area contributed by atoms with E-state index in [2.05, 4.69) is 22.4 Å². The molecule has 1 aliphatic rings. The van der Waals surface area contributed by atoms with Crippen molar-refractivity contribution < 1.29 is 9.26 Å². The molecule has 0 aliphatic carbocycles. The molecule has 5 nitrogen and oxygen atoms in total. The molecule has 0 amide bonds. The van der Waals surface area contributed by atoms with E-state index in [1.54, 1.807) is 7.11 Å². The molecule has 1 aliphatic heterocycles. The number of methoxy groups -OCH3 is 1. The van der Waals surface area contributed by atoms with Crippen molar-refractivity contribution in [2.75, 3.05) is 20.2 Å². The molecule has 2 atom stereocenters. The van der Waals surface area contributed by atoms with Gasteiger partial charge < -0.3 is 14.6 Å². The van der Waals surface area contributed by atoms with Gasteiger partial charge in [-0.1, -0.05) is 42.4 Å². The van der Waals surface area contributed by atoms with Gasteiger partial charge in [-0.2, -0.15) is 4.98 Å². The van der Waals surface area contributed by atoms with Crippen LogP contribution in [0.2, 0.25) is 0 Å². The average molecular weight is 273 g/mol. The van der Waals surface area contributed by atoms with Crippen molar-refractivity contribution in [3.05, 3.63) is 47.6 Å². The van der Waals surface area contributed by atoms with Crippen molar-refractivity contribution >= 4 is 0 Å². The molecule has 1 fully saturated rings. The Morgan fingerprint density at radius 2 is 2.05 bits per heavy atom. The molecule has 2 heterocycles. The minimum atomic E-state index is -0.277. The minimum absolute atomic E-state index is 0.277. The Hall–Kier alpha value is -1.72. The monoisotopic (exact) mass is 273 g/mol. The summed E-state index contributed by atoms with van der Waals surface area (Å²) in [4.78, 5) is 4.53. The zero-order valence-corrected chi connectivity index (χ0v) is 11.7. The second-order valence-corrected chi connectivity index (χ2v) is 5.22. The third kappa shape index (κ3) is 2.46. The second-order valence-electron chi connectivity index (χ2n) is 5.22. The van der Waals surface area contributed by atoms with Crippen LogP contribution in [0, 0.1) is 5.92 Å². The summed E-state index contributed by atoms with van der Waals surface area (Å²) in [7, 11) is 1.66. The van der Waals surface area contributed by atoms with Gasteiger partial charge >= 0.3 is 0 Å². The lowest BCUT2D eigenvalue weighted by Gasteiger charge is -2.30. The number of hydrogen-bond acceptors (Lipinski definition) is 5. The van der Waals surface area contributed by atoms with Gasteiger partial charge in [0.05, 0.1) is 0 Å². The number of benzene rings is 1. The number of hydrogen-bond donors (Lipinski definition) is 1. The fraction of sp³-hybridized carbons (Fsp3) is 0.467. The molecule has 3 rings (SSSR count). The quantitative estimate of drug-likeness (QED) is 0.904. The minimum Gasteiger partial charge on any atom is -0.369 e. The lowest BCUT2D eigenvalue weighted by atomic mass is 9.89. The SMILES string of the molecule is COC(c1ccccc1)c1noc(C(C)C2CNC2)n1. The summed E-state index contributed by atoms with van der Waals surface area (Å²) in [5.41, 5.74) is 1.03. The maximum Gasteiger partial charge on any atom is 0.229 e. The first-order chi connectivity index (χ1) is 9.79. The van der Waals surface area contributed by atoms with Gasteiger partial charge in [0.2, 0.25) is 11.7 Å². The standard InChI is InChI=1S/C15H19N3O2/c1-10(12-8-16-9-12)15-17-14(18-20-15)13(19-2)11-6-4-3-5-7-11/h3-7,10,12-13,16H,8-9H2,1-2H3. The van der Waals surface area contributed by atoms with Gasteiger partial charge in [0.15, 0.2) is 0 Å². The first-order valence-electron chi connectivity index (χ1n) is 6.91. The predicted molar refractivity (Wildman–Crippen MR) is 74.4 cm³/mol. The van der Waals surface area contributed by atoms with Crippen molar-refractivity contribution in [3.63, 3.8) is 0 Å². The van der Waals surface area contributed by atoms with E-state index in [0.717, 1.165) is 18.7 Å². The fourth-order valence-electron chi connectivity index (χ4n) is 2.42. The van der Waals surface area contributed by atoms with E-state index in [9.17, 15) is 0 Å². The fourth-order valence-corrected chi connectivity index (χ4v) is 2.42. The third-order valence-corrected chi connectivity index (χ3v) is 3.94. The normalized spacial score (nSPS) is 18.5. The molecular weight excluding hydrogens is 254 g/mol. The van der Waals surface area contributed by atoms with Gasteiger partial charge in [0.25, 0.3) is 0 Å². The summed E-state index contributed by atoms with van der Waals surface area (Å²) in [6.45, 7) is 4.17. The average Bonchev–Trinajstić information content (AvgIpc) is 2.88. The summed E-state index contributed by atoms with van der Waals surface area (Å²) >= 11 is 0. The number of nitrogens with zero attached hydrogens (tertiary/aromatic N) is 2. The Balaban J connectivity index is 1.81. The molecule has 1 aromatic carbocycles. The predicted octanol–water partition coefficient (Wildman–Crippen LogP) is 2.13. The van der Waals surface area contributed by atoms with Crippen molar-refractivity contribution in [1.29, 1.82) is 0 Å². The van der Waals surface area contributed by atoms with Crippen LogP contribution in [0.4, 0.5) is 0 Å². The number of rotatable bonds is 5. The summed E-state index contributed by atoms with van der Waals surface area (Å²) in [5.74, 6) is 2.16. The van der Waals surface area contributed by atoms with Crippen molar-refractivity contribution in [2.24, 2.45) is 5.92 Å². The maximum atomic E-state index is 5.52.